The van der Waals surface area contributed by atoms with Crippen LogP contribution in [0.1, 0.15) is 50.4 Å². The van der Waals surface area contributed by atoms with Crippen LogP contribution in [0.5, 0.6) is 0 Å². The Bertz CT molecular complexity index is 1020. The smallest absolute Gasteiger partial charge is 0.237 e. The quantitative estimate of drug-likeness (QED) is 0.685. The highest BCUT2D eigenvalue weighted by molar-refractivity contribution is 5.83. The maximum absolute atomic E-state index is 13.9. The number of para-hydroxylation sites is 1. The predicted octanol–water partition coefficient (Wildman–Crippen LogP) is 4.11. The van der Waals surface area contributed by atoms with Crippen molar-refractivity contribution in [2.24, 2.45) is 0 Å². The maximum Gasteiger partial charge on any atom is 0.237 e. The lowest BCUT2D eigenvalue weighted by Gasteiger charge is -2.23. The highest BCUT2D eigenvalue weighted by atomic mass is 19.1. The van der Waals surface area contributed by atoms with Crippen molar-refractivity contribution in [2.45, 2.75) is 50.7 Å². The SMILES string of the molecule is CC(C)(C)NC(=O)[C@@H]1C[C@H](c2ccn(-c3ccccc3)n2)[C@H](c2cccc(F)c2)N1. The third-order valence-corrected chi connectivity index (χ3v) is 5.31. The highest BCUT2D eigenvalue weighted by Crippen LogP contribution is 2.40. The molecule has 0 bridgehead atoms. The molecule has 0 spiro atoms. The number of hydrogen-bond donors (Lipinski definition) is 2. The first-order chi connectivity index (χ1) is 14.3. The van der Waals surface area contributed by atoms with Crippen LogP contribution in [0.25, 0.3) is 5.69 Å². The first-order valence-electron chi connectivity index (χ1n) is 10.2. The molecule has 0 radical (unpaired) electrons. The fourth-order valence-electron chi connectivity index (χ4n) is 4.01. The number of amides is 1. The Morgan fingerprint density at radius 3 is 2.60 bits per heavy atom. The van der Waals surface area contributed by atoms with Crippen molar-refractivity contribution in [3.05, 3.63) is 83.9 Å². The van der Waals surface area contributed by atoms with Gasteiger partial charge < -0.3 is 5.32 Å². The standard InChI is InChI=1S/C24H27FN4O/c1-24(2,3)27-23(30)21-15-19(22(26-21)16-8-7-9-17(25)14-16)20-12-13-29(28-20)18-10-5-4-6-11-18/h4-14,19,21-22,26H,15H2,1-3H3,(H,27,30)/t19-,21+,22+/m1/s1. The van der Waals surface area contributed by atoms with Gasteiger partial charge in [0.15, 0.2) is 0 Å². The van der Waals surface area contributed by atoms with E-state index in [9.17, 15) is 9.18 Å². The van der Waals surface area contributed by atoms with Crippen molar-refractivity contribution < 1.29 is 9.18 Å². The van der Waals surface area contributed by atoms with Gasteiger partial charge in [0.25, 0.3) is 0 Å². The van der Waals surface area contributed by atoms with Crippen molar-refractivity contribution in [2.75, 3.05) is 0 Å². The van der Waals surface area contributed by atoms with E-state index in [-0.39, 0.29) is 35.3 Å². The molecule has 4 rings (SSSR count). The van der Waals surface area contributed by atoms with Gasteiger partial charge in [0.05, 0.1) is 17.4 Å². The summed E-state index contributed by atoms with van der Waals surface area (Å²) in [7, 11) is 0. The molecular weight excluding hydrogens is 379 g/mol. The first kappa shape index (κ1) is 20.3. The van der Waals surface area contributed by atoms with Gasteiger partial charge in [0, 0.05) is 23.7 Å². The van der Waals surface area contributed by atoms with Gasteiger partial charge >= 0.3 is 0 Å². The molecule has 2 aromatic carbocycles. The van der Waals surface area contributed by atoms with Crippen LogP contribution in [0.4, 0.5) is 4.39 Å². The molecule has 6 heteroatoms. The van der Waals surface area contributed by atoms with Crippen molar-refractivity contribution in [1.82, 2.24) is 20.4 Å². The molecule has 3 atom stereocenters. The van der Waals surface area contributed by atoms with Crippen LogP contribution in [0.3, 0.4) is 0 Å². The molecule has 30 heavy (non-hydrogen) atoms. The van der Waals surface area contributed by atoms with Crippen LogP contribution in [0.15, 0.2) is 66.9 Å². The molecule has 156 valence electrons. The maximum atomic E-state index is 13.9. The van der Waals surface area contributed by atoms with Crippen LogP contribution in [-0.4, -0.2) is 27.3 Å². The van der Waals surface area contributed by atoms with E-state index in [0.717, 1.165) is 16.9 Å². The summed E-state index contributed by atoms with van der Waals surface area (Å²) in [6.07, 6.45) is 2.52. The fourth-order valence-corrected chi connectivity index (χ4v) is 4.01. The summed E-state index contributed by atoms with van der Waals surface area (Å²) in [4.78, 5) is 12.8. The number of hydrogen-bond acceptors (Lipinski definition) is 3. The van der Waals surface area contributed by atoms with Gasteiger partial charge in [-0.3, -0.25) is 10.1 Å². The Morgan fingerprint density at radius 2 is 1.90 bits per heavy atom. The molecule has 1 amide bonds. The summed E-state index contributed by atoms with van der Waals surface area (Å²) in [6.45, 7) is 5.88. The molecule has 0 unspecified atom stereocenters. The summed E-state index contributed by atoms with van der Waals surface area (Å²) in [5.41, 5.74) is 2.35. The van der Waals surface area contributed by atoms with Gasteiger partial charge in [0.1, 0.15) is 5.82 Å². The van der Waals surface area contributed by atoms with E-state index < -0.39 is 0 Å². The number of aromatic nitrogens is 2. The van der Waals surface area contributed by atoms with E-state index in [1.165, 1.54) is 12.1 Å². The number of nitrogens with zero attached hydrogens (tertiary/aromatic N) is 2. The summed E-state index contributed by atoms with van der Waals surface area (Å²) >= 11 is 0. The van der Waals surface area contributed by atoms with Crippen molar-refractivity contribution in [3.8, 4) is 5.69 Å². The monoisotopic (exact) mass is 406 g/mol. The van der Waals surface area contributed by atoms with Gasteiger partial charge in [-0.2, -0.15) is 5.10 Å². The van der Waals surface area contributed by atoms with Crippen molar-refractivity contribution >= 4 is 5.91 Å². The summed E-state index contributed by atoms with van der Waals surface area (Å²) in [5.74, 6) is -0.383. The van der Waals surface area contributed by atoms with E-state index >= 15 is 0 Å². The van der Waals surface area contributed by atoms with Crippen LogP contribution < -0.4 is 10.6 Å². The van der Waals surface area contributed by atoms with Crippen molar-refractivity contribution in [1.29, 1.82) is 0 Å². The number of carbonyl (C=O) groups is 1. The van der Waals surface area contributed by atoms with Crippen LogP contribution >= 0.6 is 0 Å². The lowest BCUT2D eigenvalue weighted by atomic mass is 9.90. The van der Waals surface area contributed by atoms with Crippen molar-refractivity contribution in [3.63, 3.8) is 0 Å². The van der Waals surface area contributed by atoms with Gasteiger partial charge in [0.2, 0.25) is 5.91 Å². The number of carbonyl (C=O) groups excluding carboxylic acids is 1. The van der Waals surface area contributed by atoms with Gasteiger partial charge in [-0.05, 0) is 63.1 Å². The molecule has 1 aliphatic rings. The second kappa shape index (κ2) is 8.03. The molecular formula is C24H27FN4O. The van der Waals surface area contributed by atoms with E-state index in [0.29, 0.717) is 6.42 Å². The van der Waals surface area contributed by atoms with Gasteiger partial charge in [-0.1, -0.05) is 30.3 Å². The number of halogens is 1. The second-order valence-corrected chi connectivity index (χ2v) is 8.85. The van der Waals surface area contributed by atoms with E-state index in [2.05, 4.69) is 10.6 Å². The summed E-state index contributed by atoms with van der Waals surface area (Å²) in [6, 6.07) is 17.9. The molecule has 1 saturated heterocycles. The largest absolute Gasteiger partial charge is 0.350 e. The first-order valence-corrected chi connectivity index (χ1v) is 10.2. The number of rotatable bonds is 4. The minimum Gasteiger partial charge on any atom is -0.350 e. The topological polar surface area (TPSA) is 59.0 Å². The fraction of sp³-hybridized carbons (Fsp3) is 0.333. The molecule has 2 N–H and O–H groups in total. The molecule has 0 aliphatic carbocycles. The third-order valence-electron chi connectivity index (χ3n) is 5.31. The molecule has 5 nitrogen and oxygen atoms in total. The normalized spacial score (nSPS) is 21.5. The van der Waals surface area contributed by atoms with E-state index in [1.54, 1.807) is 6.07 Å². The molecule has 1 fully saturated rings. The Labute approximate surface area is 176 Å². The number of nitrogens with one attached hydrogen (secondary N) is 2. The van der Waals surface area contributed by atoms with E-state index in [1.807, 2.05) is 74.1 Å². The summed E-state index contributed by atoms with van der Waals surface area (Å²) in [5, 5.41) is 11.3. The lowest BCUT2D eigenvalue weighted by Crippen LogP contribution is -2.48. The van der Waals surface area contributed by atoms with Crippen LogP contribution in [-0.2, 0) is 4.79 Å². The second-order valence-electron chi connectivity index (χ2n) is 8.85. The molecule has 0 saturated carbocycles. The Hall–Kier alpha value is -2.99. The van der Waals surface area contributed by atoms with Crippen LogP contribution in [0, 0.1) is 5.82 Å². The summed E-state index contributed by atoms with van der Waals surface area (Å²) < 4.78 is 15.8. The molecule has 2 heterocycles. The Morgan fingerprint density at radius 1 is 1.13 bits per heavy atom. The molecule has 1 aromatic heterocycles. The van der Waals surface area contributed by atoms with Gasteiger partial charge in [-0.15, -0.1) is 0 Å². The van der Waals surface area contributed by atoms with E-state index in [4.69, 9.17) is 5.10 Å². The zero-order valence-corrected chi connectivity index (χ0v) is 17.5. The van der Waals surface area contributed by atoms with Crippen LogP contribution in [0.2, 0.25) is 0 Å². The highest BCUT2D eigenvalue weighted by Gasteiger charge is 2.40. The average molecular weight is 407 g/mol. The average Bonchev–Trinajstić information content (AvgIpc) is 3.35. The van der Waals surface area contributed by atoms with Gasteiger partial charge in [-0.25, -0.2) is 9.07 Å². The Kier molecular flexibility index (Phi) is 5.43. The zero-order valence-electron chi connectivity index (χ0n) is 17.5. The molecule has 1 aliphatic heterocycles. The molecule has 3 aromatic rings. The third kappa shape index (κ3) is 4.44. The Balaban J connectivity index is 1.65. The zero-order chi connectivity index (χ0) is 21.3. The minimum atomic E-state index is -0.371. The minimum absolute atomic E-state index is 0.0473. The number of benzene rings is 2. The predicted molar refractivity (Wildman–Crippen MR) is 115 cm³/mol. The lowest BCUT2D eigenvalue weighted by molar-refractivity contribution is -0.124.